The highest BCUT2D eigenvalue weighted by atomic mass is 16.1. The molecule has 1 aromatic carbocycles. The van der Waals surface area contributed by atoms with Crippen molar-refractivity contribution in [2.24, 2.45) is 4.99 Å². The SMILES string of the molecule is CCCc1cccc(N=C(C)c2cccc(C(C)=O)n2)c1. The van der Waals surface area contributed by atoms with Crippen LogP contribution in [0.3, 0.4) is 0 Å². The minimum Gasteiger partial charge on any atom is -0.293 e. The number of hydrogen-bond donors (Lipinski definition) is 0. The van der Waals surface area contributed by atoms with Gasteiger partial charge < -0.3 is 0 Å². The summed E-state index contributed by atoms with van der Waals surface area (Å²) in [6, 6.07) is 13.7. The first-order chi connectivity index (χ1) is 10.1. The fraction of sp³-hybridized carbons (Fsp3) is 0.278. The molecule has 0 saturated carbocycles. The number of Topliss-reactive ketones (excluding diaryl/α,β-unsaturated/α-hetero) is 1. The standard InChI is InChI=1S/C18H20N2O/c1-4-7-15-8-5-9-16(12-15)19-13(2)17-10-6-11-18(20-17)14(3)21/h5-6,8-12H,4,7H2,1-3H3. The van der Waals surface area contributed by atoms with Crippen LogP contribution < -0.4 is 0 Å². The summed E-state index contributed by atoms with van der Waals surface area (Å²) in [5.41, 5.74) is 4.24. The number of aliphatic imine (C=N–C) groups is 1. The molecule has 0 N–H and O–H groups in total. The van der Waals surface area contributed by atoms with Crippen LogP contribution in [-0.4, -0.2) is 16.5 Å². The molecule has 0 atom stereocenters. The third-order valence-corrected chi connectivity index (χ3v) is 3.23. The van der Waals surface area contributed by atoms with Crippen molar-refractivity contribution >= 4 is 17.2 Å². The van der Waals surface area contributed by atoms with Crippen LogP contribution in [0.15, 0.2) is 47.5 Å². The molecule has 108 valence electrons. The van der Waals surface area contributed by atoms with Gasteiger partial charge in [0.05, 0.1) is 17.1 Å². The molecule has 2 rings (SSSR count). The van der Waals surface area contributed by atoms with Crippen molar-refractivity contribution in [2.45, 2.75) is 33.6 Å². The number of carbonyl (C=O) groups excluding carboxylic acids is 1. The lowest BCUT2D eigenvalue weighted by Gasteiger charge is -2.04. The molecule has 3 nitrogen and oxygen atoms in total. The average molecular weight is 280 g/mol. The molecular formula is C18H20N2O. The minimum absolute atomic E-state index is 0.0328. The number of aromatic nitrogens is 1. The zero-order chi connectivity index (χ0) is 15.2. The molecule has 0 saturated heterocycles. The number of hydrogen-bond acceptors (Lipinski definition) is 3. The van der Waals surface area contributed by atoms with E-state index in [2.05, 4.69) is 29.0 Å². The van der Waals surface area contributed by atoms with E-state index < -0.39 is 0 Å². The van der Waals surface area contributed by atoms with E-state index >= 15 is 0 Å². The van der Waals surface area contributed by atoms with Gasteiger partial charge >= 0.3 is 0 Å². The zero-order valence-electron chi connectivity index (χ0n) is 12.8. The maximum atomic E-state index is 11.4. The Morgan fingerprint density at radius 2 is 1.81 bits per heavy atom. The van der Waals surface area contributed by atoms with Gasteiger partial charge in [0.15, 0.2) is 5.78 Å². The Bertz CT molecular complexity index is 674. The summed E-state index contributed by atoms with van der Waals surface area (Å²) in [4.78, 5) is 20.4. The van der Waals surface area contributed by atoms with Gasteiger partial charge in [-0.15, -0.1) is 0 Å². The fourth-order valence-electron chi connectivity index (χ4n) is 2.15. The Hall–Kier alpha value is -2.29. The van der Waals surface area contributed by atoms with Crippen LogP contribution in [0, 0.1) is 0 Å². The Labute approximate surface area is 125 Å². The molecule has 0 fully saturated rings. The van der Waals surface area contributed by atoms with Crippen LogP contribution in [0.4, 0.5) is 5.69 Å². The summed E-state index contributed by atoms with van der Waals surface area (Å²) in [6.07, 6.45) is 2.18. The van der Waals surface area contributed by atoms with Gasteiger partial charge in [0.25, 0.3) is 0 Å². The van der Waals surface area contributed by atoms with Crippen molar-refractivity contribution in [3.8, 4) is 0 Å². The predicted octanol–water partition coefficient (Wildman–Crippen LogP) is 4.38. The molecule has 2 aromatic rings. The van der Waals surface area contributed by atoms with E-state index in [0.717, 1.165) is 29.9 Å². The fourth-order valence-corrected chi connectivity index (χ4v) is 2.15. The summed E-state index contributed by atoms with van der Waals surface area (Å²) in [5, 5.41) is 0. The minimum atomic E-state index is -0.0328. The molecule has 0 aliphatic heterocycles. The first kappa shape index (κ1) is 15.1. The molecule has 0 bridgehead atoms. The lowest BCUT2D eigenvalue weighted by molar-refractivity contribution is 0.101. The van der Waals surface area contributed by atoms with Crippen molar-refractivity contribution in [2.75, 3.05) is 0 Å². The van der Waals surface area contributed by atoms with Gasteiger partial charge in [-0.2, -0.15) is 0 Å². The van der Waals surface area contributed by atoms with E-state index in [9.17, 15) is 4.79 Å². The zero-order valence-corrected chi connectivity index (χ0v) is 12.8. The third-order valence-electron chi connectivity index (χ3n) is 3.23. The van der Waals surface area contributed by atoms with E-state index in [1.807, 2.05) is 31.2 Å². The topological polar surface area (TPSA) is 42.3 Å². The molecule has 0 aliphatic carbocycles. The van der Waals surface area contributed by atoms with Crippen LogP contribution in [-0.2, 0) is 6.42 Å². The molecule has 0 spiro atoms. The Morgan fingerprint density at radius 1 is 1.10 bits per heavy atom. The quantitative estimate of drug-likeness (QED) is 0.602. The predicted molar refractivity (Wildman–Crippen MR) is 86.5 cm³/mol. The van der Waals surface area contributed by atoms with Gasteiger partial charge in [-0.05, 0) is 43.2 Å². The van der Waals surface area contributed by atoms with Crippen LogP contribution >= 0.6 is 0 Å². The Balaban J connectivity index is 2.30. The molecule has 3 heteroatoms. The number of carbonyl (C=O) groups is 1. The highest BCUT2D eigenvalue weighted by molar-refractivity contribution is 6.00. The maximum absolute atomic E-state index is 11.4. The molecular weight excluding hydrogens is 260 g/mol. The Morgan fingerprint density at radius 3 is 2.52 bits per heavy atom. The highest BCUT2D eigenvalue weighted by Crippen LogP contribution is 2.17. The molecule has 0 aliphatic rings. The van der Waals surface area contributed by atoms with Gasteiger partial charge in [-0.3, -0.25) is 9.79 Å². The van der Waals surface area contributed by atoms with Crippen molar-refractivity contribution in [1.82, 2.24) is 4.98 Å². The molecule has 0 amide bonds. The maximum Gasteiger partial charge on any atom is 0.178 e. The van der Waals surface area contributed by atoms with Crippen LogP contribution in [0.25, 0.3) is 0 Å². The average Bonchev–Trinajstić information content (AvgIpc) is 2.48. The molecule has 0 radical (unpaired) electrons. The van der Waals surface area contributed by atoms with Crippen molar-refractivity contribution < 1.29 is 4.79 Å². The summed E-state index contributed by atoms with van der Waals surface area (Å²) < 4.78 is 0. The van der Waals surface area contributed by atoms with Crippen LogP contribution in [0.5, 0.6) is 0 Å². The van der Waals surface area contributed by atoms with Gasteiger partial charge in [0.2, 0.25) is 0 Å². The number of ketones is 1. The van der Waals surface area contributed by atoms with Crippen LogP contribution in [0.2, 0.25) is 0 Å². The molecule has 21 heavy (non-hydrogen) atoms. The number of benzene rings is 1. The first-order valence-corrected chi connectivity index (χ1v) is 7.22. The molecule has 1 aromatic heterocycles. The van der Waals surface area contributed by atoms with Gasteiger partial charge in [0, 0.05) is 6.92 Å². The summed E-state index contributed by atoms with van der Waals surface area (Å²) >= 11 is 0. The largest absolute Gasteiger partial charge is 0.293 e. The number of aryl methyl sites for hydroxylation is 1. The summed E-state index contributed by atoms with van der Waals surface area (Å²) in [6.45, 7) is 5.60. The van der Waals surface area contributed by atoms with Gasteiger partial charge in [-0.25, -0.2) is 4.98 Å². The summed E-state index contributed by atoms with van der Waals surface area (Å²) in [7, 11) is 0. The van der Waals surface area contributed by atoms with Crippen LogP contribution in [0.1, 0.15) is 48.9 Å². The van der Waals surface area contributed by atoms with Crippen molar-refractivity contribution in [3.05, 3.63) is 59.4 Å². The number of pyridine rings is 1. The van der Waals surface area contributed by atoms with E-state index in [0.29, 0.717) is 5.69 Å². The lowest BCUT2D eigenvalue weighted by Crippen LogP contribution is -2.04. The highest BCUT2D eigenvalue weighted by Gasteiger charge is 2.05. The second kappa shape index (κ2) is 6.93. The Kier molecular flexibility index (Phi) is 4.99. The van der Waals surface area contributed by atoms with E-state index in [4.69, 9.17) is 0 Å². The smallest absolute Gasteiger partial charge is 0.178 e. The monoisotopic (exact) mass is 280 g/mol. The second-order valence-electron chi connectivity index (χ2n) is 5.08. The molecule has 0 unspecified atom stereocenters. The van der Waals surface area contributed by atoms with Gasteiger partial charge in [-0.1, -0.05) is 31.5 Å². The first-order valence-electron chi connectivity index (χ1n) is 7.22. The lowest BCUT2D eigenvalue weighted by atomic mass is 10.1. The summed E-state index contributed by atoms with van der Waals surface area (Å²) in [5.74, 6) is -0.0328. The molecule has 1 heterocycles. The third kappa shape index (κ3) is 4.09. The van der Waals surface area contributed by atoms with Crippen molar-refractivity contribution in [3.63, 3.8) is 0 Å². The van der Waals surface area contributed by atoms with E-state index in [1.54, 1.807) is 6.07 Å². The number of rotatable bonds is 5. The van der Waals surface area contributed by atoms with E-state index in [1.165, 1.54) is 12.5 Å². The number of nitrogens with zero attached hydrogens (tertiary/aromatic N) is 2. The normalized spacial score (nSPS) is 11.5. The second-order valence-corrected chi connectivity index (χ2v) is 5.08. The van der Waals surface area contributed by atoms with Gasteiger partial charge in [0.1, 0.15) is 5.69 Å². The van der Waals surface area contributed by atoms with Crippen molar-refractivity contribution in [1.29, 1.82) is 0 Å². The van der Waals surface area contributed by atoms with E-state index in [-0.39, 0.29) is 5.78 Å².